The molecule has 1 aliphatic carbocycles. The minimum atomic E-state index is -0.936. The maximum Gasteiger partial charge on any atom is 0.336 e. The SMILES string of the molecule is Cc1ccc(OC2=Cc3nccc(C(=O)O)c3C2)cc1C. The molecule has 0 fully saturated rings. The number of carboxylic acid groups (broad SMARTS) is 1. The number of carbonyl (C=O) groups is 1. The van der Waals surface area contributed by atoms with E-state index in [0.29, 0.717) is 17.7 Å². The van der Waals surface area contributed by atoms with Crippen molar-refractivity contribution in [3.8, 4) is 5.75 Å². The van der Waals surface area contributed by atoms with Crippen molar-refractivity contribution in [3.05, 3.63) is 64.2 Å². The quantitative estimate of drug-likeness (QED) is 0.937. The number of rotatable bonds is 3. The Hall–Kier alpha value is -2.62. The fourth-order valence-electron chi connectivity index (χ4n) is 2.39. The van der Waals surface area contributed by atoms with Crippen molar-refractivity contribution in [1.29, 1.82) is 0 Å². The Morgan fingerprint density at radius 1 is 1.24 bits per heavy atom. The van der Waals surface area contributed by atoms with E-state index in [1.165, 1.54) is 17.8 Å². The van der Waals surface area contributed by atoms with Crippen LogP contribution in [-0.4, -0.2) is 16.1 Å². The monoisotopic (exact) mass is 281 g/mol. The van der Waals surface area contributed by atoms with Gasteiger partial charge < -0.3 is 9.84 Å². The van der Waals surface area contributed by atoms with Gasteiger partial charge in [0.1, 0.15) is 11.5 Å². The first kappa shape index (κ1) is 13.4. The Balaban J connectivity index is 1.85. The van der Waals surface area contributed by atoms with Crippen molar-refractivity contribution in [1.82, 2.24) is 4.98 Å². The molecule has 0 spiro atoms. The van der Waals surface area contributed by atoms with Gasteiger partial charge in [0.05, 0.1) is 11.3 Å². The van der Waals surface area contributed by atoms with E-state index in [9.17, 15) is 9.90 Å². The Labute approximate surface area is 122 Å². The van der Waals surface area contributed by atoms with Crippen molar-refractivity contribution >= 4 is 12.0 Å². The van der Waals surface area contributed by atoms with E-state index in [4.69, 9.17) is 4.74 Å². The zero-order valence-electron chi connectivity index (χ0n) is 11.9. The lowest BCUT2D eigenvalue weighted by molar-refractivity contribution is 0.0695. The standard InChI is InChI=1S/C17H15NO3/c1-10-3-4-12(7-11(10)2)21-13-8-15-14(17(19)20)5-6-18-16(15)9-13/h3-7,9H,8H2,1-2H3,(H,19,20). The second-order valence-electron chi connectivity index (χ2n) is 5.16. The van der Waals surface area contributed by atoms with Crippen LogP contribution in [0.15, 0.2) is 36.2 Å². The number of ether oxygens (including phenoxy) is 1. The number of pyridine rings is 1. The summed E-state index contributed by atoms with van der Waals surface area (Å²) < 4.78 is 5.86. The van der Waals surface area contributed by atoms with E-state index in [0.717, 1.165) is 17.1 Å². The summed E-state index contributed by atoms with van der Waals surface area (Å²) in [6.45, 7) is 4.08. The summed E-state index contributed by atoms with van der Waals surface area (Å²) in [7, 11) is 0. The molecule has 0 unspecified atom stereocenters. The summed E-state index contributed by atoms with van der Waals surface area (Å²) in [6, 6.07) is 7.42. The molecule has 0 saturated carbocycles. The number of allylic oxidation sites excluding steroid dienone is 1. The highest BCUT2D eigenvalue weighted by Gasteiger charge is 2.22. The third kappa shape index (κ3) is 2.52. The number of hydrogen-bond donors (Lipinski definition) is 1. The number of aromatic nitrogens is 1. The molecule has 4 nitrogen and oxygen atoms in total. The van der Waals surface area contributed by atoms with Gasteiger partial charge in [-0.25, -0.2) is 4.79 Å². The Morgan fingerprint density at radius 2 is 2.05 bits per heavy atom. The molecule has 0 bridgehead atoms. The number of aryl methyl sites for hydroxylation is 2. The molecule has 1 heterocycles. The summed E-state index contributed by atoms with van der Waals surface area (Å²) in [5.41, 5.74) is 4.04. The van der Waals surface area contributed by atoms with Gasteiger partial charge in [-0.3, -0.25) is 4.98 Å². The first-order chi connectivity index (χ1) is 10.0. The average Bonchev–Trinajstić information content (AvgIpc) is 2.84. The predicted octanol–water partition coefficient (Wildman–Crippen LogP) is 3.37. The van der Waals surface area contributed by atoms with Crippen LogP contribution in [0.1, 0.15) is 32.7 Å². The van der Waals surface area contributed by atoms with Crippen LogP contribution < -0.4 is 4.74 Å². The zero-order chi connectivity index (χ0) is 15.0. The van der Waals surface area contributed by atoms with Gasteiger partial charge >= 0.3 is 5.97 Å². The molecule has 0 radical (unpaired) electrons. The maximum atomic E-state index is 11.2. The van der Waals surface area contributed by atoms with Gasteiger partial charge in [-0.15, -0.1) is 0 Å². The van der Waals surface area contributed by atoms with Gasteiger partial charge in [0.15, 0.2) is 0 Å². The molecule has 106 valence electrons. The molecule has 2 aromatic rings. The highest BCUT2D eigenvalue weighted by atomic mass is 16.5. The summed E-state index contributed by atoms with van der Waals surface area (Å²) in [5.74, 6) is 0.540. The van der Waals surface area contributed by atoms with E-state index < -0.39 is 5.97 Å². The normalized spacial score (nSPS) is 12.8. The number of hydrogen-bond acceptors (Lipinski definition) is 3. The molecule has 21 heavy (non-hydrogen) atoms. The van der Waals surface area contributed by atoms with Crippen molar-refractivity contribution in [2.75, 3.05) is 0 Å². The Kier molecular flexibility index (Phi) is 3.22. The second-order valence-corrected chi connectivity index (χ2v) is 5.16. The molecule has 0 amide bonds. The van der Waals surface area contributed by atoms with E-state index >= 15 is 0 Å². The van der Waals surface area contributed by atoms with Crippen molar-refractivity contribution < 1.29 is 14.6 Å². The molecule has 0 aliphatic heterocycles. The van der Waals surface area contributed by atoms with Gasteiger partial charge in [0.2, 0.25) is 0 Å². The van der Waals surface area contributed by atoms with Gasteiger partial charge in [-0.05, 0) is 48.7 Å². The van der Waals surface area contributed by atoms with Gasteiger partial charge in [0.25, 0.3) is 0 Å². The first-order valence-electron chi connectivity index (χ1n) is 6.71. The van der Waals surface area contributed by atoms with Crippen LogP contribution in [0, 0.1) is 13.8 Å². The van der Waals surface area contributed by atoms with Gasteiger partial charge in [-0.1, -0.05) is 6.07 Å². The van der Waals surface area contributed by atoms with Crippen LogP contribution in [0.3, 0.4) is 0 Å². The van der Waals surface area contributed by atoms with Gasteiger partial charge in [0, 0.05) is 18.7 Å². The number of nitrogens with zero attached hydrogens (tertiary/aromatic N) is 1. The predicted molar refractivity (Wildman–Crippen MR) is 79.4 cm³/mol. The van der Waals surface area contributed by atoms with Crippen LogP contribution in [0.25, 0.3) is 6.08 Å². The fraction of sp³-hybridized carbons (Fsp3) is 0.176. The third-order valence-corrected chi connectivity index (χ3v) is 3.70. The van der Waals surface area contributed by atoms with Crippen LogP contribution in [0.5, 0.6) is 5.75 Å². The molecule has 4 heteroatoms. The molecule has 1 aromatic heterocycles. The number of aromatic carboxylic acids is 1. The van der Waals surface area contributed by atoms with E-state index in [1.54, 1.807) is 6.08 Å². The van der Waals surface area contributed by atoms with Crippen molar-refractivity contribution in [2.45, 2.75) is 20.3 Å². The highest BCUT2D eigenvalue weighted by molar-refractivity contribution is 5.91. The van der Waals surface area contributed by atoms with E-state index in [1.807, 2.05) is 32.0 Å². The van der Waals surface area contributed by atoms with Crippen LogP contribution in [0.2, 0.25) is 0 Å². The van der Waals surface area contributed by atoms with Crippen LogP contribution in [0.4, 0.5) is 0 Å². The van der Waals surface area contributed by atoms with Crippen molar-refractivity contribution in [3.63, 3.8) is 0 Å². The summed E-state index contributed by atoms with van der Waals surface area (Å²) in [5, 5.41) is 9.20. The minimum Gasteiger partial charge on any atom is -0.478 e. The largest absolute Gasteiger partial charge is 0.478 e. The second kappa shape index (κ2) is 5.05. The van der Waals surface area contributed by atoms with Crippen LogP contribution >= 0.6 is 0 Å². The van der Waals surface area contributed by atoms with E-state index in [-0.39, 0.29) is 5.56 Å². The van der Waals surface area contributed by atoms with Crippen molar-refractivity contribution in [2.24, 2.45) is 0 Å². The zero-order valence-corrected chi connectivity index (χ0v) is 11.9. The first-order valence-corrected chi connectivity index (χ1v) is 6.71. The smallest absolute Gasteiger partial charge is 0.336 e. The third-order valence-electron chi connectivity index (χ3n) is 3.70. The molecule has 0 saturated heterocycles. The maximum absolute atomic E-state index is 11.2. The molecular formula is C17H15NO3. The highest BCUT2D eigenvalue weighted by Crippen LogP contribution is 2.29. The van der Waals surface area contributed by atoms with Crippen LogP contribution in [-0.2, 0) is 6.42 Å². The Bertz CT molecular complexity index is 763. The molecule has 1 aromatic carbocycles. The lowest BCUT2D eigenvalue weighted by Gasteiger charge is -2.09. The minimum absolute atomic E-state index is 0.287. The Morgan fingerprint density at radius 3 is 2.76 bits per heavy atom. The molecular weight excluding hydrogens is 266 g/mol. The summed E-state index contributed by atoms with van der Waals surface area (Å²) in [4.78, 5) is 15.4. The van der Waals surface area contributed by atoms with E-state index in [2.05, 4.69) is 4.98 Å². The lowest BCUT2D eigenvalue weighted by atomic mass is 10.1. The number of fused-ring (bicyclic) bond motifs is 1. The summed E-state index contributed by atoms with van der Waals surface area (Å²) in [6.07, 6.45) is 3.77. The van der Waals surface area contributed by atoms with Gasteiger partial charge in [-0.2, -0.15) is 0 Å². The molecule has 1 aliphatic rings. The fourth-order valence-corrected chi connectivity index (χ4v) is 2.39. The number of carboxylic acids is 1. The molecule has 3 rings (SSSR count). The molecule has 0 atom stereocenters. The molecule has 1 N–H and O–H groups in total. The topological polar surface area (TPSA) is 59.4 Å². The summed E-state index contributed by atoms with van der Waals surface area (Å²) >= 11 is 0. The number of benzene rings is 1. The average molecular weight is 281 g/mol. The lowest BCUT2D eigenvalue weighted by Crippen LogP contribution is -2.04.